The summed E-state index contributed by atoms with van der Waals surface area (Å²) in [7, 11) is 0. The van der Waals surface area contributed by atoms with Gasteiger partial charge in [0, 0.05) is 17.5 Å². The Morgan fingerprint density at radius 1 is 1.29 bits per heavy atom. The highest BCUT2D eigenvalue weighted by atomic mass is 79.9. The van der Waals surface area contributed by atoms with Gasteiger partial charge in [-0.1, -0.05) is 0 Å². The summed E-state index contributed by atoms with van der Waals surface area (Å²) in [5.74, 6) is 0. The van der Waals surface area contributed by atoms with Crippen molar-refractivity contribution in [3.8, 4) is 0 Å². The van der Waals surface area contributed by atoms with Gasteiger partial charge in [0.05, 0.1) is 14.3 Å². The molecule has 1 heterocycles. The number of thiophene rings is 1. The van der Waals surface area contributed by atoms with Gasteiger partial charge < -0.3 is 5.32 Å². The van der Waals surface area contributed by atoms with E-state index in [-0.39, 0.29) is 5.69 Å². The molecular weight excluding hydrogens is 373 g/mol. The molecule has 0 spiro atoms. The van der Waals surface area contributed by atoms with E-state index < -0.39 is 22.4 Å². The number of rotatable bonds is 4. The Balaban J connectivity index is 2.24. The Labute approximate surface area is 129 Å². The van der Waals surface area contributed by atoms with Crippen LogP contribution in [0.4, 0.5) is 24.5 Å². The third-order valence-corrected chi connectivity index (χ3v) is 4.23. The molecule has 1 aromatic carbocycles. The number of nitrogens with zero attached hydrogens (tertiary/aromatic N) is 1. The lowest BCUT2D eigenvalue weighted by atomic mass is 10.1. The average Bonchev–Trinajstić information content (AvgIpc) is 2.80. The van der Waals surface area contributed by atoms with E-state index in [1.54, 1.807) is 0 Å². The summed E-state index contributed by atoms with van der Waals surface area (Å²) >= 11 is 4.72. The van der Waals surface area contributed by atoms with Crippen LogP contribution in [0.3, 0.4) is 0 Å². The molecule has 0 aliphatic heterocycles. The summed E-state index contributed by atoms with van der Waals surface area (Å²) in [6.07, 6.45) is -4.61. The first-order chi connectivity index (χ1) is 9.77. The van der Waals surface area contributed by atoms with Gasteiger partial charge in [-0.15, -0.1) is 11.3 Å². The second-order valence-electron chi connectivity index (χ2n) is 4.05. The summed E-state index contributed by atoms with van der Waals surface area (Å²) in [6, 6.07) is 6.07. The predicted molar refractivity (Wildman–Crippen MR) is 77.4 cm³/mol. The van der Waals surface area contributed by atoms with E-state index in [4.69, 9.17) is 0 Å². The van der Waals surface area contributed by atoms with Crippen molar-refractivity contribution < 1.29 is 18.1 Å². The van der Waals surface area contributed by atoms with Crippen LogP contribution in [-0.4, -0.2) is 4.92 Å². The number of benzene rings is 1. The number of nitro benzene ring substituents is 1. The fourth-order valence-corrected chi connectivity index (χ4v) is 3.06. The van der Waals surface area contributed by atoms with Gasteiger partial charge in [-0.05, 0) is 40.2 Å². The molecule has 2 rings (SSSR count). The summed E-state index contributed by atoms with van der Waals surface area (Å²) in [5.41, 5.74) is -1.59. The lowest BCUT2D eigenvalue weighted by Crippen LogP contribution is -2.07. The van der Waals surface area contributed by atoms with Crippen LogP contribution >= 0.6 is 27.3 Å². The molecule has 1 aromatic heterocycles. The molecule has 0 saturated carbocycles. The molecule has 0 atom stereocenters. The van der Waals surface area contributed by atoms with Gasteiger partial charge in [-0.2, -0.15) is 13.2 Å². The third kappa shape index (κ3) is 3.94. The van der Waals surface area contributed by atoms with E-state index in [2.05, 4.69) is 21.2 Å². The third-order valence-electron chi connectivity index (χ3n) is 2.60. The minimum absolute atomic E-state index is 0.0533. The van der Waals surface area contributed by atoms with Gasteiger partial charge in [0.15, 0.2) is 0 Å². The molecule has 0 saturated heterocycles. The van der Waals surface area contributed by atoms with E-state index in [1.807, 2.05) is 12.1 Å². The molecule has 0 radical (unpaired) electrons. The first-order valence-corrected chi connectivity index (χ1v) is 7.22. The SMILES string of the molecule is O=[N+]([O-])c1cc(C(F)(F)F)ccc1NCc1ccc(Br)s1. The fourth-order valence-electron chi connectivity index (χ4n) is 1.64. The van der Waals surface area contributed by atoms with Crippen LogP contribution in [0, 0.1) is 10.1 Å². The highest BCUT2D eigenvalue weighted by Crippen LogP contribution is 2.35. The van der Waals surface area contributed by atoms with Gasteiger partial charge in [-0.25, -0.2) is 0 Å². The topological polar surface area (TPSA) is 55.2 Å². The van der Waals surface area contributed by atoms with Crippen LogP contribution in [0.1, 0.15) is 10.4 Å². The smallest absolute Gasteiger partial charge is 0.375 e. The van der Waals surface area contributed by atoms with E-state index >= 15 is 0 Å². The van der Waals surface area contributed by atoms with Crippen LogP contribution in [0.15, 0.2) is 34.1 Å². The summed E-state index contributed by atoms with van der Waals surface area (Å²) < 4.78 is 38.6. The maximum Gasteiger partial charge on any atom is 0.416 e. The van der Waals surface area contributed by atoms with Crippen molar-refractivity contribution in [2.75, 3.05) is 5.32 Å². The van der Waals surface area contributed by atoms with Crippen LogP contribution in [0.25, 0.3) is 0 Å². The molecule has 21 heavy (non-hydrogen) atoms. The lowest BCUT2D eigenvalue weighted by molar-refractivity contribution is -0.384. The highest BCUT2D eigenvalue weighted by molar-refractivity contribution is 9.11. The van der Waals surface area contributed by atoms with Crippen molar-refractivity contribution >= 4 is 38.6 Å². The number of hydrogen-bond donors (Lipinski definition) is 1. The summed E-state index contributed by atoms with van der Waals surface area (Å²) in [6.45, 7) is 0.294. The maximum absolute atomic E-state index is 12.6. The molecule has 1 N–H and O–H groups in total. The van der Waals surface area contributed by atoms with Crippen molar-refractivity contribution in [1.82, 2.24) is 0 Å². The maximum atomic E-state index is 12.6. The highest BCUT2D eigenvalue weighted by Gasteiger charge is 2.32. The number of hydrogen-bond acceptors (Lipinski definition) is 4. The molecule has 0 fully saturated rings. The largest absolute Gasteiger partial charge is 0.416 e. The summed E-state index contributed by atoms with van der Waals surface area (Å²) in [5, 5.41) is 13.7. The predicted octanol–water partition coefficient (Wildman–Crippen LogP) is 5.05. The number of nitro groups is 1. The Bertz CT molecular complexity index is 673. The minimum Gasteiger partial charge on any atom is -0.375 e. The molecular formula is C12H8BrF3N2O2S. The van der Waals surface area contributed by atoms with Crippen LogP contribution < -0.4 is 5.32 Å². The number of alkyl halides is 3. The monoisotopic (exact) mass is 380 g/mol. The van der Waals surface area contributed by atoms with E-state index in [0.717, 1.165) is 20.8 Å². The molecule has 2 aromatic rings. The fraction of sp³-hybridized carbons (Fsp3) is 0.167. The Hall–Kier alpha value is -1.61. The van der Waals surface area contributed by atoms with Gasteiger partial charge in [0.25, 0.3) is 5.69 Å². The first kappa shape index (κ1) is 15.8. The van der Waals surface area contributed by atoms with E-state index in [0.29, 0.717) is 12.6 Å². The van der Waals surface area contributed by atoms with Crippen LogP contribution in [0.5, 0.6) is 0 Å². The second-order valence-corrected chi connectivity index (χ2v) is 6.59. The number of halogens is 4. The first-order valence-electron chi connectivity index (χ1n) is 5.61. The molecule has 0 amide bonds. The van der Waals surface area contributed by atoms with Crippen molar-refractivity contribution in [2.45, 2.75) is 12.7 Å². The van der Waals surface area contributed by atoms with Crippen molar-refractivity contribution in [3.05, 3.63) is 54.7 Å². The zero-order chi connectivity index (χ0) is 15.6. The molecule has 9 heteroatoms. The number of nitrogens with one attached hydrogen (secondary N) is 1. The zero-order valence-electron chi connectivity index (χ0n) is 10.3. The molecule has 0 aliphatic rings. The molecule has 0 aliphatic carbocycles. The molecule has 0 unspecified atom stereocenters. The molecule has 4 nitrogen and oxygen atoms in total. The van der Waals surface area contributed by atoms with Gasteiger partial charge in [-0.3, -0.25) is 10.1 Å². The van der Waals surface area contributed by atoms with E-state index in [1.165, 1.54) is 11.3 Å². The molecule has 112 valence electrons. The normalized spacial score (nSPS) is 11.4. The Morgan fingerprint density at radius 3 is 2.52 bits per heavy atom. The summed E-state index contributed by atoms with van der Waals surface area (Å²) in [4.78, 5) is 11.0. The van der Waals surface area contributed by atoms with Crippen molar-refractivity contribution in [1.29, 1.82) is 0 Å². The minimum atomic E-state index is -4.61. The van der Waals surface area contributed by atoms with Gasteiger partial charge in [0.1, 0.15) is 5.69 Å². The zero-order valence-corrected chi connectivity index (χ0v) is 12.7. The van der Waals surface area contributed by atoms with Crippen molar-refractivity contribution in [2.24, 2.45) is 0 Å². The quantitative estimate of drug-likeness (QED) is 0.596. The standard InChI is InChI=1S/C12H8BrF3N2O2S/c13-11-4-2-8(21-11)6-17-9-3-1-7(12(14,15)16)5-10(9)18(19)20/h1-5,17H,6H2. The lowest BCUT2D eigenvalue weighted by Gasteiger charge is -2.10. The van der Waals surface area contributed by atoms with Gasteiger partial charge >= 0.3 is 6.18 Å². The second kappa shape index (κ2) is 6.02. The Morgan fingerprint density at radius 2 is 2.00 bits per heavy atom. The Kier molecular flexibility index (Phi) is 4.52. The van der Waals surface area contributed by atoms with Gasteiger partial charge in [0.2, 0.25) is 0 Å². The number of anilines is 1. The average molecular weight is 381 g/mol. The van der Waals surface area contributed by atoms with Crippen LogP contribution in [0.2, 0.25) is 0 Å². The molecule has 0 bridgehead atoms. The van der Waals surface area contributed by atoms with Crippen LogP contribution in [-0.2, 0) is 12.7 Å². The van der Waals surface area contributed by atoms with Crippen molar-refractivity contribution in [3.63, 3.8) is 0 Å². The van der Waals surface area contributed by atoms with E-state index in [9.17, 15) is 23.3 Å².